The van der Waals surface area contributed by atoms with Gasteiger partial charge in [0.15, 0.2) is 0 Å². The van der Waals surface area contributed by atoms with Gasteiger partial charge in [-0.15, -0.1) is 0 Å². The Morgan fingerprint density at radius 3 is 2.67 bits per heavy atom. The quantitative estimate of drug-likeness (QED) is 0.843. The number of carboxylic acid groups (broad SMARTS) is 1. The van der Waals surface area contributed by atoms with Crippen molar-refractivity contribution in [2.45, 2.75) is 44.2 Å². The van der Waals surface area contributed by atoms with E-state index in [0.29, 0.717) is 12.2 Å². The Balaban J connectivity index is 2.11. The van der Waals surface area contributed by atoms with E-state index in [1.165, 1.54) is 0 Å². The van der Waals surface area contributed by atoms with E-state index in [9.17, 15) is 9.59 Å². The zero-order valence-corrected chi connectivity index (χ0v) is 12.2. The third-order valence-electron chi connectivity index (χ3n) is 3.93. The van der Waals surface area contributed by atoms with Crippen LogP contribution in [0.1, 0.15) is 48.0 Å². The van der Waals surface area contributed by atoms with Crippen molar-refractivity contribution >= 4 is 11.9 Å². The molecule has 5 heteroatoms. The predicted molar refractivity (Wildman–Crippen MR) is 78.1 cm³/mol. The molecule has 2 N–H and O–H groups in total. The van der Waals surface area contributed by atoms with Gasteiger partial charge in [-0.25, -0.2) is 0 Å². The highest BCUT2D eigenvalue weighted by Crippen LogP contribution is 2.33. The van der Waals surface area contributed by atoms with Gasteiger partial charge in [-0.2, -0.15) is 0 Å². The van der Waals surface area contributed by atoms with Gasteiger partial charge in [-0.3, -0.25) is 9.59 Å². The summed E-state index contributed by atoms with van der Waals surface area (Å²) >= 11 is 0. The smallest absolute Gasteiger partial charge is 0.305 e. The van der Waals surface area contributed by atoms with Gasteiger partial charge in [0, 0.05) is 12.7 Å². The van der Waals surface area contributed by atoms with Gasteiger partial charge >= 0.3 is 5.97 Å². The molecule has 2 rings (SSSR count). The van der Waals surface area contributed by atoms with E-state index in [2.05, 4.69) is 5.32 Å². The summed E-state index contributed by atoms with van der Waals surface area (Å²) < 4.78 is 5.06. The lowest BCUT2D eigenvalue weighted by molar-refractivity contribution is -0.138. The zero-order chi connectivity index (χ0) is 15.3. The van der Waals surface area contributed by atoms with Gasteiger partial charge in [0.05, 0.1) is 18.6 Å². The van der Waals surface area contributed by atoms with Crippen LogP contribution in [0.5, 0.6) is 0 Å². The van der Waals surface area contributed by atoms with Crippen LogP contribution in [0, 0.1) is 0 Å². The van der Waals surface area contributed by atoms with Crippen molar-refractivity contribution in [3.63, 3.8) is 0 Å². The number of hydrogen-bond acceptors (Lipinski definition) is 3. The van der Waals surface area contributed by atoms with Gasteiger partial charge in [0.2, 0.25) is 0 Å². The number of rotatable bonds is 6. The minimum atomic E-state index is -0.870. The molecule has 1 aliphatic carbocycles. The summed E-state index contributed by atoms with van der Waals surface area (Å²) in [5.41, 5.74) is 0.866. The Morgan fingerprint density at radius 2 is 2.05 bits per heavy atom. The molecule has 0 heterocycles. The second-order valence-electron chi connectivity index (χ2n) is 5.65. The number of hydrogen-bond donors (Lipinski definition) is 2. The normalized spacial score (nSPS) is 16.6. The summed E-state index contributed by atoms with van der Waals surface area (Å²) in [5.74, 6) is -1.08. The van der Waals surface area contributed by atoms with Crippen molar-refractivity contribution in [1.29, 1.82) is 0 Å². The van der Waals surface area contributed by atoms with E-state index >= 15 is 0 Å². The number of ether oxygens (including phenoxy) is 1. The highest BCUT2D eigenvalue weighted by atomic mass is 16.5. The minimum absolute atomic E-state index is 0.0174. The molecule has 1 amide bonds. The first kappa shape index (κ1) is 15.5. The SMILES string of the molecule is COCc1cccc(C(=O)NC2(CC(=O)O)CCCC2)c1. The molecule has 0 saturated heterocycles. The van der Waals surface area contributed by atoms with Gasteiger partial charge < -0.3 is 15.2 Å². The first-order valence-corrected chi connectivity index (χ1v) is 7.17. The first-order valence-electron chi connectivity index (χ1n) is 7.17. The Labute approximate surface area is 124 Å². The number of carbonyl (C=O) groups excluding carboxylic acids is 1. The molecule has 21 heavy (non-hydrogen) atoms. The molecule has 114 valence electrons. The molecule has 1 aromatic rings. The number of methoxy groups -OCH3 is 1. The number of carboxylic acids is 1. The number of aliphatic carboxylic acids is 1. The van der Waals surface area contributed by atoms with E-state index in [4.69, 9.17) is 9.84 Å². The summed E-state index contributed by atoms with van der Waals surface area (Å²) in [4.78, 5) is 23.4. The van der Waals surface area contributed by atoms with Crippen LogP contribution < -0.4 is 5.32 Å². The van der Waals surface area contributed by atoms with Crippen LogP contribution in [0.4, 0.5) is 0 Å². The molecule has 1 fully saturated rings. The summed E-state index contributed by atoms with van der Waals surface area (Å²) in [5, 5.41) is 12.0. The van der Waals surface area contributed by atoms with Gasteiger partial charge in [-0.1, -0.05) is 25.0 Å². The maximum atomic E-state index is 12.4. The molecule has 0 radical (unpaired) electrons. The minimum Gasteiger partial charge on any atom is -0.481 e. The van der Waals surface area contributed by atoms with Crippen molar-refractivity contribution in [3.8, 4) is 0 Å². The molecule has 0 aromatic heterocycles. The van der Waals surface area contributed by atoms with Crippen LogP contribution in [0.2, 0.25) is 0 Å². The lowest BCUT2D eigenvalue weighted by Crippen LogP contribution is -2.47. The van der Waals surface area contributed by atoms with Crippen molar-refractivity contribution in [2.75, 3.05) is 7.11 Å². The van der Waals surface area contributed by atoms with Crippen molar-refractivity contribution in [3.05, 3.63) is 35.4 Å². The maximum absolute atomic E-state index is 12.4. The van der Waals surface area contributed by atoms with Crippen LogP contribution in [0.25, 0.3) is 0 Å². The van der Waals surface area contributed by atoms with E-state index < -0.39 is 11.5 Å². The largest absolute Gasteiger partial charge is 0.481 e. The van der Waals surface area contributed by atoms with Gasteiger partial charge in [0.1, 0.15) is 0 Å². The third-order valence-corrected chi connectivity index (χ3v) is 3.93. The number of benzene rings is 1. The predicted octanol–water partition coefficient (Wildman–Crippen LogP) is 2.35. The highest BCUT2D eigenvalue weighted by Gasteiger charge is 2.37. The molecule has 0 unspecified atom stereocenters. The lowest BCUT2D eigenvalue weighted by Gasteiger charge is -2.28. The van der Waals surface area contributed by atoms with Gasteiger partial charge in [0.25, 0.3) is 5.91 Å². The molecule has 0 atom stereocenters. The Morgan fingerprint density at radius 1 is 1.33 bits per heavy atom. The second-order valence-corrected chi connectivity index (χ2v) is 5.65. The van der Waals surface area contributed by atoms with Crippen molar-refractivity contribution in [1.82, 2.24) is 5.32 Å². The fraction of sp³-hybridized carbons (Fsp3) is 0.500. The molecule has 0 bridgehead atoms. The third kappa shape index (κ3) is 4.04. The number of amides is 1. The van der Waals surface area contributed by atoms with E-state index in [1.807, 2.05) is 12.1 Å². The van der Waals surface area contributed by atoms with Gasteiger partial charge in [-0.05, 0) is 30.5 Å². The molecular weight excluding hydrogens is 270 g/mol. The molecule has 1 aromatic carbocycles. The van der Waals surface area contributed by atoms with Crippen LogP contribution in [0.3, 0.4) is 0 Å². The molecule has 1 saturated carbocycles. The number of carbonyl (C=O) groups is 2. The summed E-state index contributed by atoms with van der Waals surface area (Å²) in [6, 6.07) is 7.21. The average Bonchev–Trinajstić information content (AvgIpc) is 2.86. The van der Waals surface area contributed by atoms with Crippen LogP contribution in [-0.4, -0.2) is 29.6 Å². The molecule has 5 nitrogen and oxygen atoms in total. The fourth-order valence-corrected chi connectivity index (χ4v) is 2.97. The highest BCUT2D eigenvalue weighted by molar-refractivity contribution is 5.95. The van der Waals surface area contributed by atoms with E-state index in [-0.39, 0.29) is 12.3 Å². The maximum Gasteiger partial charge on any atom is 0.305 e. The molecule has 0 spiro atoms. The summed E-state index contributed by atoms with van der Waals surface area (Å²) in [6.07, 6.45) is 3.34. The van der Waals surface area contributed by atoms with E-state index in [1.54, 1.807) is 19.2 Å². The van der Waals surface area contributed by atoms with Crippen LogP contribution in [0.15, 0.2) is 24.3 Å². The first-order chi connectivity index (χ1) is 10.0. The monoisotopic (exact) mass is 291 g/mol. The molecular formula is C16H21NO4. The van der Waals surface area contributed by atoms with Crippen molar-refractivity contribution < 1.29 is 19.4 Å². The average molecular weight is 291 g/mol. The lowest BCUT2D eigenvalue weighted by atomic mass is 9.92. The van der Waals surface area contributed by atoms with Crippen molar-refractivity contribution in [2.24, 2.45) is 0 Å². The standard InChI is InChI=1S/C16H21NO4/c1-21-11-12-5-4-6-13(9-12)15(20)17-16(10-14(18)19)7-2-3-8-16/h4-6,9H,2-3,7-8,10-11H2,1H3,(H,17,20)(H,18,19). The van der Waals surface area contributed by atoms with Crippen LogP contribution >= 0.6 is 0 Å². The fourth-order valence-electron chi connectivity index (χ4n) is 2.97. The second kappa shape index (κ2) is 6.72. The van der Waals surface area contributed by atoms with Crippen LogP contribution in [-0.2, 0) is 16.1 Å². The molecule has 0 aliphatic heterocycles. The number of nitrogens with one attached hydrogen (secondary N) is 1. The summed E-state index contributed by atoms with van der Waals surface area (Å²) in [7, 11) is 1.60. The Hall–Kier alpha value is -1.88. The van der Waals surface area contributed by atoms with E-state index in [0.717, 1.165) is 31.2 Å². The zero-order valence-electron chi connectivity index (χ0n) is 12.2. The topological polar surface area (TPSA) is 75.6 Å². The molecule has 1 aliphatic rings. The Kier molecular flexibility index (Phi) is 4.96. The summed E-state index contributed by atoms with van der Waals surface area (Å²) in [6.45, 7) is 0.446. The Bertz CT molecular complexity index is 521.